The first kappa shape index (κ1) is 28.8. The molecule has 0 spiro atoms. The third-order valence-corrected chi connectivity index (χ3v) is 7.21. The Balaban J connectivity index is 1.27. The van der Waals surface area contributed by atoms with Gasteiger partial charge in [0.25, 0.3) is 0 Å². The lowest BCUT2D eigenvalue weighted by Crippen LogP contribution is -2.44. The number of aliphatic hydroxyl groups is 2. The van der Waals surface area contributed by atoms with Crippen LogP contribution in [0.4, 0.5) is 16.3 Å². The standard InChI is InChI=1S/C28H41N7O4/c1-17(2)34(13-6-12-30-27(38)33-19-9-7-18(8-10-19)28(3,4)5)15-21-22(36)23(37)26(39-21)35-14-11-20-24(29)31-16-32-25(20)35/h7-11,14,16-17,21-23,26,36-37H,6,12-13,15H2,1-5H3,(H2,29,31,32)(H2,30,33,38)/t21-,22+,23-,26-/m0/s1. The number of nitrogens with zero attached hydrogens (tertiary/aromatic N) is 4. The molecule has 6 N–H and O–H groups in total. The minimum Gasteiger partial charge on any atom is -0.387 e. The fourth-order valence-corrected chi connectivity index (χ4v) is 4.81. The summed E-state index contributed by atoms with van der Waals surface area (Å²) >= 11 is 0. The second kappa shape index (κ2) is 11.9. The van der Waals surface area contributed by atoms with Gasteiger partial charge < -0.3 is 35.9 Å². The van der Waals surface area contributed by atoms with Crippen LogP contribution in [0.1, 0.15) is 52.8 Å². The SMILES string of the molecule is CC(C)N(CCCNC(=O)Nc1ccc(C(C)(C)C)cc1)C[C@@H]1O[C@H](n2ccc3c(N)ncnc32)[C@@H](O)[C@@H]1O. The number of carbonyl (C=O) groups is 1. The lowest BCUT2D eigenvalue weighted by atomic mass is 9.87. The van der Waals surface area contributed by atoms with Gasteiger partial charge >= 0.3 is 6.03 Å². The molecule has 2 amide bonds. The Morgan fingerprint density at radius 3 is 2.54 bits per heavy atom. The molecular weight excluding hydrogens is 498 g/mol. The van der Waals surface area contributed by atoms with Crippen molar-refractivity contribution in [3.05, 3.63) is 48.4 Å². The molecule has 0 unspecified atom stereocenters. The molecule has 2 aromatic heterocycles. The number of amides is 2. The number of ether oxygens (including phenoxy) is 1. The molecular formula is C28H41N7O4. The highest BCUT2D eigenvalue weighted by Gasteiger charge is 2.44. The van der Waals surface area contributed by atoms with E-state index in [9.17, 15) is 15.0 Å². The third kappa shape index (κ3) is 6.67. The van der Waals surface area contributed by atoms with Gasteiger partial charge in [-0.15, -0.1) is 0 Å². The van der Waals surface area contributed by atoms with Crippen LogP contribution in [-0.4, -0.2) is 79.7 Å². The van der Waals surface area contributed by atoms with Gasteiger partial charge in [-0.05, 0) is 49.4 Å². The number of anilines is 2. The summed E-state index contributed by atoms with van der Waals surface area (Å²) < 4.78 is 7.82. The Morgan fingerprint density at radius 1 is 1.15 bits per heavy atom. The second-order valence-corrected chi connectivity index (χ2v) is 11.4. The fraction of sp³-hybridized carbons (Fsp3) is 0.536. The summed E-state index contributed by atoms with van der Waals surface area (Å²) in [6.45, 7) is 12.2. The molecule has 39 heavy (non-hydrogen) atoms. The van der Waals surface area contributed by atoms with E-state index in [2.05, 4.69) is 60.1 Å². The van der Waals surface area contributed by atoms with Crippen molar-refractivity contribution in [1.29, 1.82) is 0 Å². The van der Waals surface area contributed by atoms with E-state index in [4.69, 9.17) is 10.5 Å². The Labute approximate surface area is 229 Å². The zero-order chi connectivity index (χ0) is 28.3. The first-order valence-corrected chi connectivity index (χ1v) is 13.4. The highest BCUT2D eigenvalue weighted by molar-refractivity contribution is 5.89. The van der Waals surface area contributed by atoms with E-state index in [0.29, 0.717) is 42.9 Å². The number of nitrogens with two attached hydrogens (primary N) is 1. The summed E-state index contributed by atoms with van der Waals surface area (Å²) in [5, 5.41) is 28.0. The van der Waals surface area contributed by atoms with Gasteiger partial charge in [-0.2, -0.15) is 0 Å². The molecule has 1 aromatic carbocycles. The maximum Gasteiger partial charge on any atom is 0.319 e. The molecule has 0 radical (unpaired) electrons. The predicted octanol–water partition coefficient (Wildman–Crippen LogP) is 2.85. The molecule has 0 aliphatic carbocycles. The Kier molecular flexibility index (Phi) is 8.75. The number of aromatic nitrogens is 3. The van der Waals surface area contributed by atoms with Gasteiger partial charge in [0, 0.05) is 37.6 Å². The summed E-state index contributed by atoms with van der Waals surface area (Å²) in [6, 6.07) is 9.57. The molecule has 0 bridgehead atoms. The van der Waals surface area contributed by atoms with Crippen molar-refractivity contribution in [2.24, 2.45) is 0 Å². The first-order valence-electron chi connectivity index (χ1n) is 13.4. The molecule has 0 saturated carbocycles. The minimum absolute atomic E-state index is 0.0573. The summed E-state index contributed by atoms with van der Waals surface area (Å²) in [4.78, 5) is 22.8. The Bertz CT molecular complexity index is 1260. The van der Waals surface area contributed by atoms with Crippen LogP contribution in [0.3, 0.4) is 0 Å². The van der Waals surface area contributed by atoms with Crippen molar-refractivity contribution < 1.29 is 19.7 Å². The van der Waals surface area contributed by atoms with E-state index in [-0.39, 0.29) is 17.5 Å². The number of nitrogen functional groups attached to an aromatic ring is 1. The zero-order valence-corrected chi connectivity index (χ0v) is 23.3. The highest BCUT2D eigenvalue weighted by atomic mass is 16.6. The number of urea groups is 1. The lowest BCUT2D eigenvalue weighted by Gasteiger charge is -2.30. The first-order chi connectivity index (χ1) is 18.5. The molecule has 1 saturated heterocycles. The van der Waals surface area contributed by atoms with Gasteiger partial charge in [0.15, 0.2) is 6.23 Å². The molecule has 1 fully saturated rings. The van der Waals surface area contributed by atoms with Crippen molar-refractivity contribution in [3.63, 3.8) is 0 Å². The van der Waals surface area contributed by atoms with Crippen molar-refractivity contribution in [3.8, 4) is 0 Å². The maximum atomic E-state index is 12.4. The van der Waals surface area contributed by atoms with Crippen LogP contribution >= 0.6 is 0 Å². The van der Waals surface area contributed by atoms with Crippen molar-refractivity contribution in [1.82, 2.24) is 24.8 Å². The number of benzene rings is 1. The minimum atomic E-state index is -1.13. The number of carbonyl (C=O) groups excluding carboxylic acids is 1. The molecule has 4 rings (SSSR count). The predicted molar refractivity (Wildman–Crippen MR) is 151 cm³/mol. The summed E-state index contributed by atoms with van der Waals surface area (Å²) in [6.07, 6.45) is 0.210. The number of hydrogen-bond donors (Lipinski definition) is 5. The Hall–Kier alpha value is -3.25. The molecule has 3 aromatic rings. The van der Waals surface area contributed by atoms with Gasteiger partial charge in [0.1, 0.15) is 36.1 Å². The second-order valence-electron chi connectivity index (χ2n) is 11.4. The average molecular weight is 540 g/mol. The molecule has 1 aliphatic heterocycles. The van der Waals surface area contributed by atoms with Crippen LogP contribution in [0, 0.1) is 0 Å². The van der Waals surface area contributed by atoms with Crippen LogP contribution in [0.2, 0.25) is 0 Å². The van der Waals surface area contributed by atoms with Crippen molar-refractivity contribution in [2.75, 3.05) is 30.7 Å². The topological polar surface area (TPSA) is 151 Å². The van der Waals surface area contributed by atoms with E-state index in [0.717, 1.165) is 5.69 Å². The zero-order valence-electron chi connectivity index (χ0n) is 23.3. The van der Waals surface area contributed by atoms with E-state index >= 15 is 0 Å². The molecule has 4 atom stereocenters. The molecule has 1 aliphatic rings. The summed E-state index contributed by atoms with van der Waals surface area (Å²) in [5.74, 6) is 0.343. The van der Waals surface area contributed by atoms with Crippen LogP contribution in [-0.2, 0) is 10.2 Å². The average Bonchev–Trinajstić information content (AvgIpc) is 3.42. The van der Waals surface area contributed by atoms with Gasteiger partial charge in [0.2, 0.25) is 0 Å². The highest BCUT2D eigenvalue weighted by Crippen LogP contribution is 2.33. The van der Waals surface area contributed by atoms with Crippen LogP contribution in [0.5, 0.6) is 0 Å². The van der Waals surface area contributed by atoms with Crippen LogP contribution < -0.4 is 16.4 Å². The van der Waals surface area contributed by atoms with Crippen molar-refractivity contribution in [2.45, 2.75) is 77.0 Å². The summed E-state index contributed by atoms with van der Waals surface area (Å²) in [7, 11) is 0. The molecule has 212 valence electrons. The Morgan fingerprint density at radius 2 is 1.87 bits per heavy atom. The normalized spacial score (nSPS) is 21.7. The van der Waals surface area contributed by atoms with Gasteiger partial charge in [0.05, 0.1) is 5.39 Å². The number of nitrogens with one attached hydrogen (secondary N) is 2. The molecule has 11 heteroatoms. The van der Waals surface area contributed by atoms with Gasteiger partial charge in [-0.3, -0.25) is 4.90 Å². The van der Waals surface area contributed by atoms with Crippen LogP contribution in [0.25, 0.3) is 11.0 Å². The maximum absolute atomic E-state index is 12.4. The van der Waals surface area contributed by atoms with E-state index < -0.39 is 24.5 Å². The smallest absolute Gasteiger partial charge is 0.319 e. The van der Waals surface area contributed by atoms with E-state index in [1.165, 1.54) is 11.9 Å². The number of fused-ring (bicyclic) bond motifs is 1. The van der Waals surface area contributed by atoms with Crippen LogP contribution in [0.15, 0.2) is 42.9 Å². The number of aliphatic hydroxyl groups excluding tert-OH is 2. The number of hydrogen-bond acceptors (Lipinski definition) is 8. The monoisotopic (exact) mass is 539 g/mol. The van der Waals surface area contributed by atoms with E-state index in [1.807, 2.05) is 24.3 Å². The van der Waals surface area contributed by atoms with E-state index in [1.54, 1.807) is 16.8 Å². The molecule has 3 heterocycles. The number of rotatable bonds is 9. The van der Waals surface area contributed by atoms with Gasteiger partial charge in [-0.1, -0.05) is 32.9 Å². The lowest BCUT2D eigenvalue weighted by molar-refractivity contribution is -0.0465. The fourth-order valence-electron chi connectivity index (χ4n) is 4.81. The summed E-state index contributed by atoms with van der Waals surface area (Å²) in [5.41, 5.74) is 8.48. The van der Waals surface area contributed by atoms with Gasteiger partial charge in [-0.25, -0.2) is 14.8 Å². The molecule has 11 nitrogen and oxygen atoms in total. The largest absolute Gasteiger partial charge is 0.387 e. The third-order valence-electron chi connectivity index (χ3n) is 7.21. The quantitative estimate of drug-likeness (QED) is 0.261. The van der Waals surface area contributed by atoms with Crippen molar-refractivity contribution >= 4 is 28.6 Å².